The van der Waals surface area contributed by atoms with Gasteiger partial charge in [-0.05, 0) is 25.7 Å². The van der Waals surface area contributed by atoms with Crippen molar-refractivity contribution < 1.29 is 13.9 Å². The molecule has 17 heavy (non-hydrogen) atoms. The first kappa shape index (κ1) is 12.4. The average Bonchev–Trinajstić information content (AvgIpc) is 2.74. The number of nitrogens with zero attached hydrogens (tertiary/aromatic N) is 3. The molecule has 0 spiro atoms. The van der Waals surface area contributed by atoms with Crippen molar-refractivity contribution in [3.8, 4) is 0 Å². The summed E-state index contributed by atoms with van der Waals surface area (Å²) in [6, 6.07) is 0. The molecular formula is C11H17F2N3O. The number of aromatic nitrogens is 3. The molecule has 0 saturated heterocycles. The predicted octanol–water partition coefficient (Wildman–Crippen LogP) is 2.16. The molecule has 1 fully saturated rings. The van der Waals surface area contributed by atoms with Crippen LogP contribution in [-0.4, -0.2) is 26.0 Å². The molecule has 1 aliphatic rings. The molecule has 96 valence electrons. The fourth-order valence-corrected chi connectivity index (χ4v) is 2.46. The Bertz CT molecular complexity index is 381. The molecular weight excluding hydrogens is 228 g/mol. The molecule has 0 aromatic carbocycles. The van der Waals surface area contributed by atoms with Crippen LogP contribution in [0.1, 0.15) is 44.4 Å². The second kappa shape index (κ2) is 4.68. The molecule has 0 radical (unpaired) electrons. The second-order valence-electron chi connectivity index (χ2n) is 4.63. The van der Waals surface area contributed by atoms with Gasteiger partial charge in [-0.25, -0.2) is 13.5 Å². The Kier molecular flexibility index (Phi) is 3.42. The molecule has 1 saturated carbocycles. The van der Waals surface area contributed by atoms with E-state index in [9.17, 15) is 13.9 Å². The van der Waals surface area contributed by atoms with Crippen LogP contribution in [0.3, 0.4) is 0 Å². The van der Waals surface area contributed by atoms with Crippen molar-refractivity contribution in [1.82, 2.24) is 15.0 Å². The largest absolute Gasteiger partial charge is 0.386 e. The number of hydrogen-bond donors (Lipinski definition) is 1. The van der Waals surface area contributed by atoms with Crippen LogP contribution in [0.5, 0.6) is 0 Å². The van der Waals surface area contributed by atoms with Crippen LogP contribution in [0.15, 0.2) is 6.20 Å². The van der Waals surface area contributed by atoms with Gasteiger partial charge in [0.15, 0.2) is 0 Å². The SMILES string of the molecule is CCn1nncc1C(O)C1CCCC(F)(F)C1. The van der Waals surface area contributed by atoms with Gasteiger partial charge in [0.05, 0.1) is 11.9 Å². The smallest absolute Gasteiger partial charge is 0.248 e. The number of halogens is 2. The lowest BCUT2D eigenvalue weighted by molar-refractivity contribution is -0.0773. The molecule has 1 aromatic heterocycles. The summed E-state index contributed by atoms with van der Waals surface area (Å²) < 4.78 is 28.1. The molecule has 1 N–H and O–H groups in total. The van der Waals surface area contributed by atoms with Crippen molar-refractivity contribution in [2.45, 2.75) is 51.2 Å². The van der Waals surface area contributed by atoms with Crippen LogP contribution >= 0.6 is 0 Å². The van der Waals surface area contributed by atoms with Gasteiger partial charge in [0.2, 0.25) is 5.92 Å². The third-order valence-electron chi connectivity index (χ3n) is 3.38. The summed E-state index contributed by atoms with van der Waals surface area (Å²) in [6.45, 7) is 2.45. The van der Waals surface area contributed by atoms with Gasteiger partial charge in [0.25, 0.3) is 0 Å². The highest BCUT2D eigenvalue weighted by Crippen LogP contribution is 2.41. The lowest BCUT2D eigenvalue weighted by Crippen LogP contribution is -2.30. The van der Waals surface area contributed by atoms with Gasteiger partial charge in [-0.2, -0.15) is 0 Å². The number of aliphatic hydroxyl groups is 1. The number of rotatable bonds is 3. The van der Waals surface area contributed by atoms with E-state index in [1.807, 2.05) is 6.92 Å². The zero-order valence-electron chi connectivity index (χ0n) is 9.81. The van der Waals surface area contributed by atoms with Crippen molar-refractivity contribution in [3.63, 3.8) is 0 Å². The van der Waals surface area contributed by atoms with Crippen LogP contribution in [0, 0.1) is 5.92 Å². The van der Waals surface area contributed by atoms with Crippen molar-refractivity contribution in [1.29, 1.82) is 0 Å². The summed E-state index contributed by atoms with van der Waals surface area (Å²) in [5, 5.41) is 17.7. The fraction of sp³-hybridized carbons (Fsp3) is 0.818. The minimum Gasteiger partial charge on any atom is -0.386 e. The molecule has 4 nitrogen and oxygen atoms in total. The van der Waals surface area contributed by atoms with E-state index in [1.54, 1.807) is 4.68 Å². The van der Waals surface area contributed by atoms with Crippen LogP contribution < -0.4 is 0 Å². The van der Waals surface area contributed by atoms with E-state index in [2.05, 4.69) is 10.3 Å². The Morgan fingerprint density at radius 2 is 2.41 bits per heavy atom. The number of aryl methyl sites for hydroxylation is 1. The highest BCUT2D eigenvalue weighted by Gasteiger charge is 2.40. The Morgan fingerprint density at radius 1 is 1.65 bits per heavy atom. The molecule has 0 bridgehead atoms. The summed E-state index contributed by atoms with van der Waals surface area (Å²) in [6.07, 6.45) is 1.34. The van der Waals surface area contributed by atoms with Gasteiger partial charge in [-0.3, -0.25) is 0 Å². The molecule has 2 atom stereocenters. The van der Waals surface area contributed by atoms with Crippen molar-refractivity contribution >= 4 is 0 Å². The van der Waals surface area contributed by atoms with E-state index in [1.165, 1.54) is 6.20 Å². The zero-order valence-corrected chi connectivity index (χ0v) is 9.81. The number of aliphatic hydroxyl groups excluding tert-OH is 1. The van der Waals surface area contributed by atoms with Gasteiger partial charge >= 0.3 is 0 Å². The van der Waals surface area contributed by atoms with Gasteiger partial charge in [0.1, 0.15) is 6.10 Å². The van der Waals surface area contributed by atoms with Crippen LogP contribution in [0.2, 0.25) is 0 Å². The maximum atomic E-state index is 13.3. The van der Waals surface area contributed by atoms with E-state index in [0.717, 1.165) is 0 Å². The topological polar surface area (TPSA) is 50.9 Å². The fourth-order valence-electron chi connectivity index (χ4n) is 2.46. The lowest BCUT2D eigenvalue weighted by atomic mass is 9.82. The number of hydrogen-bond acceptors (Lipinski definition) is 3. The van der Waals surface area contributed by atoms with Gasteiger partial charge < -0.3 is 5.11 Å². The van der Waals surface area contributed by atoms with Crippen molar-refractivity contribution in [2.75, 3.05) is 0 Å². The van der Waals surface area contributed by atoms with Gasteiger partial charge in [-0.1, -0.05) is 5.21 Å². The first-order valence-electron chi connectivity index (χ1n) is 5.98. The van der Waals surface area contributed by atoms with Crippen molar-refractivity contribution in [2.24, 2.45) is 5.92 Å². The summed E-state index contributed by atoms with van der Waals surface area (Å²) in [4.78, 5) is 0. The third-order valence-corrected chi connectivity index (χ3v) is 3.38. The Balaban J connectivity index is 2.12. The maximum Gasteiger partial charge on any atom is 0.248 e. The molecule has 0 aliphatic heterocycles. The van der Waals surface area contributed by atoms with E-state index >= 15 is 0 Å². The van der Waals surface area contributed by atoms with E-state index in [-0.39, 0.29) is 12.8 Å². The van der Waals surface area contributed by atoms with Crippen LogP contribution in [-0.2, 0) is 6.54 Å². The van der Waals surface area contributed by atoms with Gasteiger partial charge in [0, 0.05) is 19.4 Å². The Hall–Kier alpha value is -1.04. The first-order chi connectivity index (χ1) is 8.03. The Labute approximate surface area is 98.6 Å². The van der Waals surface area contributed by atoms with Gasteiger partial charge in [-0.15, -0.1) is 5.10 Å². The first-order valence-corrected chi connectivity index (χ1v) is 5.98. The molecule has 0 amide bonds. The summed E-state index contributed by atoms with van der Waals surface area (Å²) in [5.41, 5.74) is 0.537. The lowest BCUT2D eigenvalue weighted by Gasteiger charge is -2.31. The van der Waals surface area contributed by atoms with Crippen molar-refractivity contribution in [3.05, 3.63) is 11.9 Å². The van der Waals surface area contributed by atoms with Crippen LogP contribution in [0.25, 0.3) is 0 Å². The minimum absolute atomic E-state index is 0.0679. The average molecular weight is 245 g/mol. The molecule has 1 aromatic rings. The van der Waals surface area contributed by atoms with E-state index in [0.29, 0.717) is 25.1 Å². The second-order valence-corrected chi connectivity index (χ2v) is 4.63. The maximum absolute atomic E-state index is 13.3. The minimum atomic E-state index is -2.64. The molecule has 1 heterocycles. The predicted molar refractivity (Wildman–Crippen MR) is 57.6 cm³/mol. The monoisotopic (exact) mass is 245 g/mol. The summed E-state index contributed by atoms with van der Waals surface area (Å²) >= 11 is 0. The zero-order chi connectivity index (χ0) is 12.5. The highest BCUT2D eigenvalue weighted by molar-refractivity contribution is 5.02. The third kappa shape index (κ3) is 2.62. The van der Waals surface area contributed by atoms with E-state index in [4.69, 9.17) is 0 Å². The number of alkyl halides is 2. The molecule has 2 rings (SSSR count). The highest BCUT2D eigenvalue weighted by atomic mass is 19.3. The summed E-state index contributed by atoms with van der Waals surface area (Å²) in [7, 11) is 0. The molecule has 1 aliphatic carbocycles. The van der Waals surface area contributed by atoms with E-state index < -0.39 is 17.9 Å². The normalized spacial score (nSPS) is 25.8. The quantitative estimate of drug-likeness (QED) is 0.887. The Morgan fingerprint density at radius 3 is 3.06 bits per heavy atom. The standard InChI is InChI=1S/C11H17F2N3O/c1-2-16-9(7-14-15-16)10(17)8-4-3-5-11(12,13)6-8/h7-8,10,17H,2-6H2,1H3. The van der Waals surface area contributed by atoms with Crippen LogP contribution in [0.4, 0.5) is 8.78 Å². The molecule has 6 heteroatoms. The molecule has 2 unspecified atom stereocenters. The summed E-state index contributed by atoms with van der Waals surface area (Å²) in [5.74, 6) is -3.04.